The third kappa shape index (κ3) is 2.24. The van der Waals surface area contributed by atoms with Crippen molar-refractivity contribution in [3.05, 3.63) is 23.8 Å². The van der Waals surface area contributed by atoms with E-state index in [1.807, 2.05) is 0 Å². The van der Waals surface area contributed by atoms with Crippen LogP contribution in [0, 0.1) is 17.0 Å². The topological polar surface area (TPSA) is 75.9 Å². The van der Waals surface area contributed by atoms with Crippen molar-refractivity contribution >= 4 is 23.3 Å². The molecule has 2 aliphatic heterocycles. The Labute approximate surface area is 137 Å². The minimum atomic E-state index is -0.792. The van der Waals surface area contributed by atoms with E-state index in [9.17, 15) is 18.4 Å². The highest BCUT2D eigenvalue weighted by molar-refractivity contribution is 5.95. The average molecular weight is 337 g/mol. The number of cyclic esters (lactones) is 1. The number of carbonyl (C=O) groups excluding carboxylic acids is 2. The normalized spacial score (nSPS) is 24.9. The van der Waals surface area contributed by atoms with E-state index in [2.05, 4.69) is 0 Å². The molecule has 8 heteroatoms. The maximum atomic E-state index is 14.5. The zero-order valence-corrected chi connectivity index (χ0v) is 12.9. The molecular weight excluding hydrogens is 320 g/mol. The number of amides is 1. The van der Waals surface area contributed by atoms with Crippen LogP contribution in [0.25, 0.3) is 0 Å². The fourth-order valence-corrected chi connectivity index (χ4v) is 3.46. The van der Waals surface area contributed by atoms with Crippen LogP contribution in [0.15, 0.2) is 12.1 Å². The fraction of sp³-hybridized carbons (Fsp3) is 0.500. The highest BCUT2D eigenvalue weighted by atomic mass is 19.1. The van der Waals surface area contributed by atoms with Crippen LogP contribution in [0.2, 0.25) is 0 Å². The van der Waals surface area contributed by atoms with Gasteiger partial charge in [-0.3, -0.25) is 9.69 Å². The summed E-state index contributed by atoms with van der Waals surface area (Å²) in [5.74, 6) is -1.54. The van der Waals surface area contributed by atoms with Crippen molar-refractivity contribution < 1.29 is 23.1 Å². The highest BCUT2D eigenvalue weighted by Gasteiger charge is 2.55. The summed E-state index contributed by atoms with van der Waals surface area (Å²) in [5.41, 5.74) is 4.93. The largest absolute Gasteiger partial charge is 0.443 e. The first kappa shape index (κ1) is 15.3. The third-order valence-electron chi connectivity index (χ3n) is 5.04. The summed E-state index contributed by atoms with van der Waals surface area (Å²) in [6.07, 6.45) is 0.396. The van der Waals surface area contributed by atoms with Gasteiger partial charge in [0.05, 0.1) is 18.8 Å². The van der Waals surface area contributed by atoms with Crippen LogP contribution in [0.5, 0.6) is 0 Å². The first-order valence-corrected chi connectivity index (χ1v) is 7.89. The minimum Gasteiger partial charge on any atom is -0.443 e. The molecular formula is C16H17F2N3O3. The van der Waals surface area contributed by atoms with E-state index in [4.69, 9.17) is 10.5 Å². The van der Waals surface area contributed by atoms with Crippen LogP contribution in [0.4, 0.5) is 25.0 Å². The van der Waals surface area contributed by atoms with E-state index in [1.54, 1.807) is 0 Å². The Morgan fingerprint density at radius 2 is 1.92 bits per heavy atom. The number of nitrogens with zero attached hydrogens (tertiary/aromatic N) is 2. The van der Waals surface area contributed by atoms with E-state index >= 15 is 0 Å². The number of rotatable bonds is 3. The summed E-state index contributed by atoms with van der Waals surface area (Å²) in [5, 5.41) is 0. The lowest BCUT2D eigenvalue weighted by atomic mass is 10.1. The standard InChI is InChI=1S/C16H17F2N3O3/c17-11-3-9(21-6-10(5-19)24-15(21)23)4-12(18)14(11)20-7-13(22)16(8-20)1-2-16/h3-4,10H,1-2,5-8,19H2/t10-/m0/s1. The molecule has 4 rings (SSSR count). The minimum absolute atomic E-state index is 0.0220. The number of ether oxygens (including phenoxy) is 1. The first-order valence-electron chi connectivity index (χ1n) is 7.89. The number of nitrogens with two attached hydrogens (primary N) is 1. The van der Waals surface area contributed by atoms with Gasteiger partial charge in [-0.15, -0.1) is 0 Å². The van der Waals surface area contributed by atoms with Gasteiger partial charge in [0.2, 0.25) is 0 Å². The van der Waals surface area contributed by atoms with Crippen molar-refractivity contribution in [3.8, 4) is 0 Å². The van der Waals surface area contributed by atoms with Gasteiger partial charge in [-0.05, 0) is 12.8 Å². The highest BCUT2D eigenvalue weighted by Crippen LogP contribution is 2.51. The Morgan fingerprint density at radius 3 is 2.42 bits per heavy atom. The van der Waals surface area contributed by atoms with Gasteiger partial charge in [0, 0.05) is 30.6 Å². The average Bonchev–Trinajstić information content (AvgIpc) is 3.10. The summed E-state index contributed by atoms with van der Waals surface area (Å²) in [4.78, 5) is 26.4. The molecule has 0 bridgehead atoms. The summed E-state index contributed by atoms with van der Waals surface area (Å²) >= 11 is 0. The second-order valence-electron chi connectivity index (χ2n) is 6.67. The van der Waals surface area contributed by atoms with Crippen molar-refractivity contribution in [2.45, 2.75) is 18.9 Å². The Morgan fingerprint density at radius 1 is 1.25 bits per heavy atom. The van der Waals surface area contributed by atoms with Crippen molar-refractivity contribution in [1.29, 1.82) is 0 Å². The molecule has 1 amide bonds. The Hall–Kier alpha value is -2.22. The molecule has 2 N–H and O–H groups in total. The van der Waals surface area contributed by atoms with Crippen LogP contribution in [-0.2, 0) is 9.53 Å². The lowest BCUT2D eigenvalue weighted by Crippen LogP contribution is -2.28. The van der Waals surface area contributed by atoms with Gasteiger partial charge in [-0.2, -0.15) is 0 Å². The molecule has 1 atom stereocenters. The van der Waals surface area contributed by atoms with Gasteiger partial charge in [-0.25, -0.2) is 13.6 Å². The summed E-state index contributed by atoms with van der Waals surface area (Å²) in [6, 6.07) is 2.20. The van der Waals surface area contributed by atoms with Crippen molar-refractivity contribution in [2.75, 3.05) is 36.0 Å². The Bertz CT molecular complexity index is 712. The van der Waals surface area contributed by atoms with E-state index in [-0.39, 0.29) is 36.8 Å². The van der Waals surface area contributed by atoms with Gasteiger partial charge in [-0.1, -0.05) is 0 Å². The monoisotopic (exact) mass is 337 g/mol. The molecule has 24 heavy (non-hydrogen) atoms. The molecule has 3 fully saturated rings. The van der Waals surface area contributed by atoms with E-state index in [0.29, 0.717) is 6.54 Å². The number of hydrogen-bond acceptors (Lipinski definition) is 5. The quantitative estimate of drug-likeness (QED) is 0.903. The van der Waals surface area contributed by atoms with Crippen LogP contribution >= 0.6 is 0 Å². The number of benzene rings is 1. The number of hydrogen-bond donors (Lipinski definition) is 1. The molecule has 2 heterocycles. The fourth-order valence-electron chi connectivity index (χ4n) is 3.46. The second kappa shape index (κ2) is 5.14. The van der Waals surface area contributed by atoms with Crippen molar-refractivity contribution in [1.82, 2.24) is 0 Å². The smallest absolute Gasteiger partial charge is 0.414 e. The lowest BCUT2D eigenvalue weighted by Gasteiger charge is -2.21. The molecule has 1 spiro atoms. The van der Waals surface area contributed by atoms with Gasteiger partial charge in [0.15, 0.2) is 17.4 Å². The molecule has 1 saturated carbocycles. The molecule has 3 aliphatic rings. The molecule has 128 valence electrons. The molecule has 0 radical (unpaired) electrons. The lowest BCUT2D eigenvalue weighted by molar-refractivity contribution is -0.120. The zero-order valence-electron chi connectivity index (χ0n) is 12.9. The number of anilines is 2. The molecule has 2 saturated heterocycles. The van der Waals surface area contributed by atoms with Crippen molar-refractivity contribution in [2.24, 2.45) is 11.1 Å². The predicted molar refractivity (Wildman–Crippen MR) is 81.9 cm³/mol. The summed E-state index contributed by atoms with van der Waals surface area (Å²) in [6.45, 7) is 0.663. The molecule has 1 aliphatic carbocycles. The summed E-state index contributed by atoms with van der Waals surface area (Å²) in [7, 11) is 0. The van der Waals surface area contributed by atoms with Crippen LogP contribution in [0.3, 0.4) is 0 Å². The SMILES string of the molecule is NC[C@H]1CN(c2cc(F)c(N3CC(=O)C4(CC4)C3)c(F)c2)C(=O)O1. The van der Waals surface area contributed by atoms with E-state index in [0.717, 1.165) is 29.9 Å². The molecule has 1 aromatic carbocycles. The van der Waals surface area contributed by atoms with E-state index in [1.165, 1.54) is 4.90 Å². The van der Waals surface area contributed by atoms with Gasteiger partial charge in [0.1, 0.15) is 11.8 Å². The van der Waals surface area contributed by atoms with Crippen LogP contribution in [-0.4, -0.2) is 44.2 Å². The van der Waals surface area contributed by atoms with Gasteiger partial charge >= 0.3 is 6.09 Å². The van der Waals surface area contributed by atoms with E-state index < -0.39 is 29.2 Å². The zero-order chi connectivity index (χ0) is 17.1. The van der Waals surface area contributed by atoms with Crippen LogP contribution in [0.1, 0.15) is 12.8 Å². The molecule has 6 nitrogen and oxygen atoms in total. The first-order chi connectivity index (χ1) is 11.4. The van der Waals surface area contributed by atoms with Crippen LogP contribution < -0.4 is 15.5 Å². The number of carbonyl (C=O) groups is 2. The Balaban J connectivity index is 1.62. The summed E-state index contributed by atoms with van der Waals surface area (Å²) < 4.78 is 34.0. The molecule has 0 unspecified atom stereocenters. The number of halogens is 2. The predicted octanol–water partition coefficient (Wildman–Crippen LogP) is 1.42. The number of ketones is 1. The third-order valence-corrected chi connectivity index (χ3v) is 5.04. The maximum absolute atomic E-state index is 14.5. The van der Waals surface area contributed by atoms with Gasteiger partial charge in [0.25, 0.3) is 0 Å². The molecule has 1 aromatic rings. The maximum Gasteiger partial charge on any atom is 0.414 e. The van der Waals surface area contributed by atoms with Crippen molar-refractivity contribution in [3.63, 3.8) is 0 Å². The molecule has 0 aromatic heterocycles. The van der Waals surface area contributed by atoms with Gasteiger partial charge < -0.3 is 15.4 Å². The Kier molecular flexibility index (Phi) is 3.28. The second-order valence-corrected chi connectivity index (χ2v) is 6.67. The number of Topliss-reactive ketones (excluding diaryl/α,β-unsaturated/α-hetero) is 1.